The molecule has 4 heteroatoms. The molecule has 2 nitrogen and oxygen atoms in total. The van der Waals surface area contributed by atoms with Crippen LogP contribution >= 0.6 is 11.3 Å². The van der Waals surface area contributed by atoms with Crippen molar-refractivity contribution in [3.63, 3.8) is 0 Å². The number of nitrogens with one attached hydrogen (secondary N) is 1. The maximum atomic E-state index is 13.5. The molecule has 0 spiro atoms. The molecule has 0 saturated carbocycles. The lowest BCUT2D eigenvalue weighted by Gasteiger charge is -2.04. The van der Waals surface area contributed by atoms with Gasteiger partial charge in [0.2, 0.25) is 0 Å². The average molecular weight is 250 g/mol. The second-order valence-corrected chi connectivity index (χ2v) is 5.08. The standard InChI is InChI=1S/C13H15FN2S/c1-9(15-2)12-8-16-13(17-12)7-10-5-3-4-6-11(10)14/h3-6,8-9,15H,7H2,1-2H3. The highest BCUT2D eigenvalue weighted by Gasteiger charge is 2.09. The lowest BCUT2D eigenvalue weighted by molar-refractivity contribution is 0.614. The van der Waals surface area contributed by atoms with E-state index in [4.69, 9.17) is 0 Å². The Morgan fingerprint density at radius 3 is 2.88 bits per heavy atom. The fourth-order valence-corrected chi connectivity index (χ4v) is 2.56. The van der Waals surface area contributed by atoms with Crippen LogP contribution in [-0.2, 0) is 6.42 Å². The number of halogens is 1. The zero-order chi connectivity index (χ0) is 12.3. The van der Waals surface area contributed by atoms with Crippen molar-refractivity contribution in [1.29, 1.82) is 0 Å². The van der Waals surface area contributed by atoms with Crippen LogP contribution in [0.2, 0.25) is 0 Å². The van der Waals surface area contributed by atoms with Crippen LogP contribution in [0.25, 0.3) is 0 Å². The van der Waals surface area contributed by atoms with Crippen LogP contribution in [0.15, 0.2) is 30.5 Å². The molecule has 0 amide bonds. The van der Waals surface area contributed by atoms with E-state index in [1.165, 1.54) is 10.9 Å². The molecule has 1 aromatic carbocycles. The SMILES string of the molecule is CNC(C)c1cnc(Cc2ccccc2F)s1. The quantitative estimate of drug-likeness (QED) is 0.901. The van der Waals surface area contributed by atoms with Gasteiger partial charge >= 0.3 is 0 Å². The Kier molecular flexibility index (Phi) is 3.86. The lowest BCUT2D eigenvalue weighted by atomic mass is 10.1. The summed E-state index contributed by atoms with van der Waals surface area (Å²) in [7, 11) is 1.92. The molecule has 0 aliphatic heterocycles. The van der Waals surface area contributed by atoms with Crippen LogP contribution in [-0.4, -0.2) is 12.0 Å². The van der Waals surface area contributed by atoms with Gasteiger partial charge in [-0.05, 0) is 25.6 Å². The molecule has 1 N–H and O–H groups in total. The number of benzene rings is 1. The van der Waals surface area contributed by atoms with Gasteiger partial charge in [0.25, 0.3) is 0 Å². The number of hydrogen-bond acceptors (Lipinski definition) is 3. The van der Waals surface area contributed by atoms with Crippen molar-refractivity contribution in [2.24, 2.45) is 0 Å². The van der Waals surface area contributed by atoms with E-state index < -0.39 is 0 Å². The average Bonchev–Trinajstić information content (AvgIpc) is 2.80. The van der Waals surface area contributed by atoms with Gasteiger partial charge < -0.3 is 5.32 Å². The largest absolute Gasteiger partial charge is 0.312 e. The molecule has 0 saturated heterocycles. The van der Waals surface area contributed by atoms with E-state index in [2.05, 4.69) is 17.2 Å². The van der Waals surface area contributed by atoms with Crippen molar-refractivity contribution in [2.75, 3.05) is 7.05 Å². The first kappa shape index (κ1) is 12.2. The fourth-order valence-electron chi connectivity index (χ4n) is 1.55. The predicted molar refractivity (Wildman–Crippen MR) is 68.8 cm³/mol. The minimum absolute atomic E-state index is 0.161. The molecule has 1 atom stereocenters. The van der Waals surface area contributed by atoms with Gasteiger partial charge in [-0.15, -0.1) is 11.3 Å². The van der Waals surface area contributed by atoms with Gasteiger partial charge in [-0.25, -0.2) is 9.37 Å². The van der Waals surface area contributed by atoms with Crippen molar-refractivity contribution >= 4 is 11.3 Å². The van der Waals surface area contributed by atoms with Gasteiger partial charge in [-0.1, -0.05) is 18.2 Å². The molecule has 1 heterocycles. The summed E-state index contributed by atoms with van der Waals surface area (Å²) in [5.41, 5.74) is 0.700. The number of rotatable bonds is 4. The maximum absolute atomic E-state index is 13.5. The Labute approximate surface area is 105 Å². The molecule has 17 heavy (non-hydrogen) atoms. The van der Waals surface area contributed by atoms with Gasteiger partial charge in [-0.3, -0.25) is 0 Å². The van der Waals surface area contributed by atoms with E-state index >= 15 is 0 Å². The molecule has 2 aromatic rings. The molecule has 0 aliphatic rings. The third kappa shape index (κ3) is 2.90. The van der Waals surface area contributed by atoms with Gasteiger partial charge in [-0.2, -0.15) is 0 Å². The van der Waals surface area contributed by atoms with E-state index in [0.29, 0.717) is 18.0 Å². The molecular formula is C13H15FN2S. The maximum Gasteiger partial charge on any atom is 0.126 e. The van der Waals surface area contributed by atoms with Crippen LogP contribution < -0.4 is 5.32 Å². The van der Waals surface area contributed by atoms with Gasteiger partial charge in [0, 0.05) is 23.5 Å². The van der Waals surface area contributed by atoms with Crippen LogP contribution in [0.3, 0.4) is 0 Å². The van der Waals surface area contributed by atoms with Crippen LogP contribution in [0.5, 0.6) is 0 Å². The first-order chi connectivity index (χ1) is 8.20. The second-order valence-electron chi connectivity index (χ2n) is 3.93. The highest BCUT2D eigenvalue weighted by Crippen LogP contribution is 2.22. The summed E-state index contributed by atoms with van der Waals surface area (Å²) in [4.78, 5) is 5.51. The molecule has 90 valence electrons. The van der Waals surface area contributed by atoms with E-state index in [1.807, 2.05) is 19.3 Å². The molecule has 0 bridgehead atoms. The smallest absolute Gasteiger partial charge is 0.126 e. The Morgan fingerprint density at radius 1 is 1.41 bits per heavy atom. The summed E-state index contributed by atoms with van der Waals surface area (Å²) < 4.78 is 13.5. The molecule has 1 unspecified atom stereocenters. The minimum Gasteiger partial charge on any atom is -0.312 e. The third-order valence-electron chi connectivity index (χ3n) is 2.73. The Balaban J connectivity index is 2.14. The van der Waals surface area contributed by atoms with E-state index in [0.717, 1.165) is 5.01 Å². The highest BCUT2D eigenvalue weighted by molar-refractivity contribution is 7.11. The van der Waals surface area contributed by atoms with Crippen molar-refractivity contribution in [3.8, 4) is 0 Å². The number of aromatic nitrogens is 1. The summed E-state index contributed by atoms with van der Waals surface area (Å²) in [6.07, 6.45) is 2.43. The van der Waals surface area contributed by atoms with Gasteiger partial charge in [0.1, 0.15) is 5.82 Å². The third-order valence-corrected chi connectivity index (χ3v) is 3.91. The zero-order valence-electron chi connectivity index (χ0n) is 9.90. The first-order valence-corrected chi connectivity index (χ1v) is 6.37. The molecule has 0 fully saturated rings. The Morgan fingerprint density at radius 2 is 2.18 bits per heavy atom. The Bertz CT molecular complexity index is 496. The van der Waals surface area contributed by atoms with Crippen molar-refractivity contribution in [2.45, 2.75) is 19.4 Å². The van der Waals surface area contributed by atoms with Crippen LogP contribution in [0, 0.1) is 5.82 Å². The number of nitrogens with zero attached hydrogens (tertiary/aromatic N) is 1. The van der Waals surface area contributed by atoms with E-state index in [1.54, 1.807) is 23.5 Å². The summed E-state index contributed by atoms with van der Waals surface area (Å²) in [6.45, 7) is 2.08. The predicted octanol–water partition coefficient (Wildman–Crippen LogP) is 3.15. The second kappa shape index (κ2) is 5.38. The topological polar surface area (TPSA) is 24.9 Å². The molecule has 0 radical (unpaired) electrons. The van der Waals surface area contributed by atoms with E-state index in [-0.39, 0.29) is 5.82 Å². The zero-order valence-corrected chi connectivity index (χ0v) is 10.7. The summed E-state index contributed by atoms with van der Waals surface area (Å²) >= 11 is 1.63. The van der Waals surface area contributed by atoms with Gasteiger partial charge in [0.05, 0.1) is 5.01 Å². The molecule has 0 aliphatic carbocycles. The van der Waals surface area contributed by atoms with E-state index in [9.17, 15) is 4.39 Å². The first-order valence-electron chi connectivity index (χ1n) is 5.56. The normalized spacial score (nSPS) is 12.6. The molecular weight excluding hydrogens is 235 g/mol. The minimum atomic E-state index is -0.161. The summed E-state index contributed by atoms with van der Waals surface area (Å²) in [5.74, 6) is -0.161. The monoisotopic (exact) mass is 250 g/mol. The van der Waals surface area contributed by atoms with Crippen LogP contribution in [0.4, 0.5) is 4.39 Å². The van der Waals surface area contributed by atoms with Crippen LogP contribution in [0.1, 0.15) is 28.4 Å². The number of thiazole rings is 1. The van der Waals surface area contributed by atoms with Crippen molar-refractivity contribution in [1.82, 2.24) is 10.3 Å². The summed E-state index contributed by atoms with van der Waals surface area (Å²) in [6, 6.07) is 7.14. The Hall–Kier alpha value is -1.26. The lowest BCUT2D eigenvalue weighted by Crippen LogP contribution is -2.10. The molecule has 2 rings (SSSR count). The summed E-state index contributed by atoms with van der Waals surface area (Å²) in [5, 5.41) is 4.12. The van der Waals surface area contributed by atoms with Gasteiger partial charge in [0.15, 0.2) is 0 Å². The molecule has 1 aromatic heterocycles. The number of hydrogen-bond donors (Lipinski definition) is 1. The highest BCUT2D eigenvalue weighted by atomic mass is 32.1. The fraction of sp³-hybridized carbons (Fsp3) is 0.308. The van der Waals surface area contributed by atoms with Crippen molar-refractivity contribution in [3.05, 3.63) is 51.7 Å². The van der Waals surface area contributed by atoms with Crippen molar-refractivity contribution < 1.29 is 4.39 Å².